The molecule has 0 bridgehead atoms. The van der Waals surface area contributed by atoms with Crippen LogP contribution in [0.15, 0.2) is 43.0 Å². The molecule has 1 aromatic carbocycles. The Morgan fingerprint density at radius 2 is 1.96 bits per heavy atom. The van der Waals surface area contributed by atoms with Crippen molar-refractivity contribution in [2.45, 2.75) is 17.9 Å². The Morgan fingerprint density at radius 3 is 2.71 bits per heavy atom. The Morgan fingerprint density at radius 1 is 1.17 bits per heavy atom. The van der Waals surface area contributed by atoms with Crippen molar-refractivity contribution < 1.29 is 18.3 Å². The number of aryl methyl sites for hydroxylation is 1. The third-order valence-electron chi connectivity index (χ3n) is 3.56. The summed E-state index contributed by atoms with van der Waals surface area (Å²) in [6.07, 6.45) is 1.61. The monoisotopic (exact) mass is 408 g/mol. The topological polar surface area (TPSA) is 70.5 Å². The summed E-state index contributed by atoms with van der Waals surface area (Å²) in [6, 6.07) is 5.72. The van der Waals surface area contributed by atoms with Crippen molar-refractivity contribution >= 4 is 27.7 Å². The number of furan rings is 1. The molecule has 3 heterocycles. The molecule has 6 nitrogen and oxygen atoms in total. The van der Waals surface area contributed by atoms with Crippen LogP contribution >= 0.6 is 27.7 Å². The molecule has 0 radical (unpaired) electrons. The number of hydrogen-bond acceptors (Lipinski definition) is 7. The van der Waals surface area contributed by atoms with Crippen LogP contribution in [-0.2, 0) is 5.75 Å². The number of thioether (sulfide) groups is 1. The molecule has 2 aromatic heterocycles. The lowest BCUT2D eigenvalue weighted by Crippen LogP contribution is -2.15. The number of fused-ring (bicyclic) bond motifs is 1. The van der Waals surface area contributed by atoms with Crippen molar-refractivity contribution in [1.29, 1.82) is 0 Å². The van der Waals surface area contributed by atoms with E-state index in [9.17, 15) is 0 Å². The fourth-order valence-corrected chi connectivity index (χ4v) is 3.74. The fraction of sp³-hybridized carbons (Fsp3) is 0.250. The molecule has 0 atom stereocenters. The van der Waals surface area contributed by atoms with Crippen molar-refractivity contribution in [2.24, 2.45) is 0 Å². The van der Waals surface area contributed by atoms with Crippen LogP contribution in [0.4, 0.5) is 0 Å². The van der Waals surface area contributed by atoms with E-state index in [0.29, 0.717) is 30.1 Å². The number of rotatable bonds is 4. The van der Waals surface area contributed by atoms with Crippen LogP contribution in [0, 0.1) is 6.92 Å². The smallest absolute Gasteiger partial charge is 0.277 e. The van der Waals surface area contributed by atoms with E-state index in [1.165, 1.54) is 11.8 Å². The first-order valence-corrected chi connectivity index (χ1v) is 9.07. The molecule has 1 aliphatic heterocycles. The number of hydrogen-bond donors (Lipinski definition) is 0. The summed E-state index contributed by atoms with van der Waals surface area (Å²) in [5.74, 6) is 3.41. The van der Waals surface area contributed by atoms with Crippen LogP contribution in [0.1, 0.15) is 11.3 Å². The van der Waals surface area contributed by atoms with E-state index in [2.05, 4.69) is 26.1 Å². The zero-order valence-corrected chi connectivity index (χ0v) is 15.1. The average Bonchev–Trinajstić information content (AvgIpc) is 3.21. The molecule has 1 aliphatic rings. The van der Waals surface area contributed by atoms with Gasteiger partial charge in [0, 0.05) is 10.2 Å². The highest BCUT2D eigenvalue weighted by atomic mass is 79.9. The van der Waals surface area contributed by atoms with Gasteiger partial charge < -0.3 is 18.3 Å². The summed E-state index contributed by atoms with van der Waals surface area (Å²) in [6.45, 7) is 3.00. The first kappa shape index (κ1) is 15.6. The molecule has 0 fully saturated rings. The van der Waals surface area contributed by atoms with Crippen molar-refractivity contribution in [3.63, 3.8) is 0 Å². The first-order valence-electron chi connectivity index (χ1n) is 7.29. The molecule has 4 rings (SSSR count). The molecule has 8 heteroatoms. The molecule has 0 N–H and O–H groups in total. The van der Waals surface area contributed by atoms with Crippen LogP contribution < -0.4 is 9.47 Å². The van der Waals surface area contributed by atoms with Crippen molar-refractivity contribution in [1.82, 2.24) is 10.2 Å². The van der Waals surface area contributed by atoms with Gasteiger partial charge in [0.05, 0.1) is 11.8 Å². The summed E-state index contributed by atoms with van der Waals surface area (Å²) in [7, 11) is 0. The predicted octanol–water partition coefficient (Wildman–Crippen LogP) is 4.46. The summed E-state index contributed by atoms with van der Waals surface area (Å²) in [4.78, 5) is 0. The maximum atomic E-state index is 5.69. The minimum atomic E-state index is 0.463. The number of benzene rings is 1. The van der Waals surface area contributed by atoms with Crippen LogP contribution in [0.2, 0.25) is 0 Å². The Balaban J connectivity index is 1.49. The summed E-state index contributed by atoms with van der Waals surface area (Å²) >= 11 is 5.03. The molecule has 0 spiro atoms. The van der Waals surface area contributed by atoms with Gasteiger partial charge in [0.15, 0.2) is 11.5 Å². The van der Waals surface area contributed by atoms with E-state index in [4.69, 9.17) is 18.3 Å². The molecule has 3 aromatic rings. The second kappa shape index (κ2) is 6.52. The average molecular weight is 409 g/mol. The number of nitrogens with zero attached hydrogens (tertiary/aromatic N) is 2. The van der Waals surface area contributed by atoms with Gasteiger partial charge in [-0.2, -0.15) is 0 Å². The molecule has 124 valence electrons. The van der Waals surface area contributed by atoms with Crippen molar-refractivity contribution in [2.75, 3.05) is 13.2 Å². The van der Waals surface area contributed by atoms with E-state index in [-0.39, 0.29) is 0 Å². The Hall–Kier alpha value is -1.93. The summed E-state index contributed by atoms with van der Waals surface area (Å²) < 4.78 is 23.1. The molecule has 24 heavy (non-hydrogen) atoms. The molecular formula is C16H13BrN2O4S. The van der Waals surface area contributed by atoms with Crippen LogP contribution in [0.5, 0.6) is 11.5 Å². The fourth-order valence-electron chi connectivity index (χ4n) is 2.34. The van der Waals surface area contributed by atoms with Crippen LogP contribution in [-0.4, -0.2) is 23.4 Å². The number of aromatic nitrogens is 2. The van der Waals surface area contributed by atoms with Gasteiger partial charge in [0.2, 0.25) is 0 Å². The van der Waals surface area contributed by atoms with E-state index in [1.54, 1.807) is 6.26 Å². The Bertz CT molecular complexity index is 877. The Labute approximate surface area is 150 Å². The molecule has 0 unspecified atom stereocenters. The van der Waals surface area contributed by atoms with Crippen LogP contribution in [0.25, 0.3) is 11.5 Å². The van der Waals surface area contributed by atoms with Gasteiger partial charge in [-0.3, -0.25) is 0 Å². The second-order valence-electron chi connectivity index (χ2n) is 5.14. The molecule has 0 saturated carbocycles. The van der Waals surface area contributed by atoms with E-state index in [0.717, 1.165) is 32.9 Å². The molecule has 0 amide bonds. The summed E-state index contributed by atoms with van der Waals surface area (Å²) in [5, 5.41) is 8.66. The van der Waals surface area contributed by atoms with Gasteiger partial charge in [-0.05, 0) is 30.7 Å². The standard InChI is InChI=1S/C16H13BrN2O4S/c1-9-11(2-3-20-9)15-18-19-16(23-15)24-8-10-6-13-14(7-12(10)17)22-5-4-21-13/h2-3,6-7H,4-5,8H2,1H3. The van der Waals surface area contributed by atoms with Crippen molar-refractivity contribution in [3.05, 3.63) is 40.3 Å². The maximum absolute atomic E-state index is 5.69. The molecule has 0 aliphatic carbocycles. The van der Waals surface area contributed by atoms with Gasteiger partial charge in [-0.15, -0.1) is 10.2 Å². The SMILES string of the molecule is Cc1occc1-c1nnc(SCc2cc3c(cc2Br)OCCO3)o1. The van der Waals surface area contributed by atoms with Crippen molar-refractivity contribution in [3.8, 4) is 23.0 Å². The highest BCUT2D eigenvalue weighted by Crippen LogP contribution is 2.38. The van der Waals surface area contributed by atoms with E-state index in [1.807, 2.05) is 25.1 Å². The largest absolute Gasteiger partial charge is 0.486 e. The van der Waals surface area contributed by atoms with Gasteiger partial charge >= 0.3 is 0 Å². The zero-order valence-electron chi connectivity index (χ0n) is 12.7. The third-order valence-corrected chi connectivity index (χ3v) is 5.16. The van der Waals surface area contributed by atoms with E-state index >= 15 is 0 Å². The quantitative estimate of drug-likeness (QED) is 0.589. The van der Waals surface area contributed by atoms with Gasteiger partial charge in [-0.25, -0.2) is 0 Å². The third kappa shape index (κ3) is 3.03. The number of halogens is 1. The second-order valence-corrected chi connectivity index (χ2v) is 6.92. The zero-order chi connectivity index (χ0) is 16.5. The minimum absolute atomic E-state index is 0.463. The normalized spacial score (nSPS) is 13.2. The summed E-state index contributed by atoms with van der Waals surface area (Å²) in [5.41, 5.74) is 1.89. The van der Waals surface area contributed by atoms with Crippen LogP contribution in [0.3, 0.4) is 0 Å². The highest BCUT2D eigenvalue weighted by molar-refractivity contribution is 9.10. The lowest BCUT2D eigenvalue weighted by molar-refractivity contribution is 0.171. The first-order chi connectivity index (χ1) is 11.7. The van der Waals surface area contributed by atoms with Gasteiger partial charge in [0.1, 0.15) is 19.0 Å². The maximum Gasteiger partial charge on any atom is 0.277 e. The van der Waals surface area contributed by atoms with Gasteiger partial charge in [-0.1, -0.05) is 27.7 Å². The Kier molecular flexibility index (Phi) is 4.24. The number of ether oxygens (including phenoxy) is 2. The highest BCUT2D eigenvalue weighted by Gasteiger charge is 2.17. The molecule has 0 saturated heterocycles. The van der Waals surface area contributed by atoms with Gasteiger partial charge in [0.25, 0.3) is 11.1 Å². The predicted molar refractivity (Wildman–Crippen MR) is 91.4 cm³/mol. The molecular weight excluding hydrogens is 396 g/mol. The lowest BCUT2D eigenvalue weighted by Gasteiger charge is -2.19. The lowest BCUT2D eigenvalue weighted by atomic mass is 10.2. The minimum Gasteiger partial charge on any atom is -0.486 e. The van der Waals surface area contributed by atoms with E-state index < -0.39 is 0 Å².